The maximum Gasteiger partial charge on any atom is 0.436 e. The van der Waals surface area contributed by atoms with E-state index < -0.39 is 6.09 Å². The van der Waals surface area contributed by atoms with E-state index in [4.69, 9.17) is 16.3 Å². The Labute approximate surface area is 126 Å². The lowest BCUT2D eigenvalue weighted by Gasteiger charge is -2.25. The van der Waals surface area contributed by atoms with Crippen LogP contribution in [0.15, 0.2) is 29.3 Å². The summed E-state index contributed by atoms with van der Waals surface area (Å²) in [4.78, 5) is 17.2. The molecule has 7 heteroatoms. The van der Waals surface area contributed by atoms with Crippen LogP contribution in [0.2, 0.25) is 5.02 Å². The Bertz CT molecular complexity index is 524. The van der Waals surface area contributed by atoms with Gasteiger partial charge in [-0.2, -0.15) is 4.99 Å². The number of aliphatic imine (C=N–C) groups is 1. The summed E-state index contributed by atoms with van der Waals surface area (Å²) in [7, 11) is 0. The van der Waals surface area contributed by atoms with Crippen molar-refractivity contribution in [2.75, 3.05) is 23.9 Å². The molecule has 20 heavy (non-hydrogen) atoms. The number of amidine groups is 1. The van der Waals surface area contributed by atoms with Crippen molar-refractivity contribution in [1.82, 2.24) is 0 Å². The summed E-state index contributed by atoms with van der Waals surface area (Å²) in [5, 5.41) is 10.5. The molecule has 0 aromatic heterocycles. The van der Waals surface area contributed by atoms with Gasteiger partial charge in [-0.3, -0.25) is 0 Å². The number of carbonyl (C=O) groups is 1. The quantitative estimate of drug-likeness (QED) is 0.929. The summed E-state index contributed by atoms with van der Waals surface area (Å²) >= 11 is 7.58. The van der Waals surface area contributed by atoms with Gasteiger partial charge >= 0.3 is 6.09 Å². The van der Waals surface area contributed by atoms with Crippen molar-refractivity contribution in [1.29, 1.82) is 0 Å². The van der Waals surface area contributed by atoms with E-state index in [1.165, 1.54) is 11.8 Å². The van der Waals surface area contributed by atoms with Gasteiger partial charge in [0, 0.05) is 5.75 Å². The molecule has 1 heterocycles. The number of ether oxygens (including phenoxy) is 1. The Morgan fingerprint density at radius 1 is 1.60 bits per heavy atom. The zero-order valence-electron chi connectivity index (χ0n) is 11.0. The van der Waals surface area contributed by atoms with Gasteiger partial charge in [-0.05, 0) is 19.1 Å². The lowest BCUT2D eigenvalue weighted by molar-refractivity contribution is 0.163. The number of hydrogen-bond acceptors (Lipinski definition) is 4. The molecule has 0 radical (unpaired) electrons. The normalized spacial score (nSPS) is 20.4. The van der Waals surface area contributed by atoms with Crippen molar-refractivity contribution in [2.45, 2.75) is 13.0 Å². The van der Waals surface area contributed by atoms with Crippen molar-refractivity contribution >= 4 is 40.3 Å². The molecule has 1 aliphatic heterocycles. The van der Waals surface area contributed by atoms with Gasteiger partial charge in [0.25, 0.3) is 0 Å². The summed E-state index contributed by atoms with van der Waals surface area (Å²) in [5.41, 5.74) is 0.723. The molecule has 0 aliphatic carbocycles. The summed E-state index contributed by atoms with van der Waals surface area (Å²) < 4.78 is 4.83. The third-order valence-corrected chi connectivity index (χ3v) is 4.17. The fraction of sp³-hybridized carbons (Fsp3) is 0.385. The third-order valence-electron chi connectivity index (χ3n) is 2.75. The van der Waals surface area contributed by atoms with Crippen LogP contribution in [0, 0.1) is 0 Å². The highest BCUT2D eigenvalue weighted by atomic mass is 35.5. The highest BCUT2D eigenvalue weighted by Crippen LogP contribution is 2.34. The second kappa shape index (κ2) is 6.97. The number of halogens is 1. The molecular formula is C13H15ClN2O3S. The number of nitrogens with zero attached hydrogens (tertiary/aromatic N) is 2. The highest BCUT2D eigenvalue weighted by molar-refractivity contribution is 8.14. The van der Waals surface area contributed by atoms with Crippen molar-refractivity contribution in [3.05, 3.63) is 29.3 Å². The smallest absolute Gasteiger partial charge is 0.436 e. The van der Waals surface area contributed by atoms with Gasteiger partial charge in [-0.1, -0.05) is 35.5 Å². The Balaban J connectivity index is 2.34. The Morgan fingerprint density at radius 3 is 3.00 bits per heavy atom. The summed E-state index contributed by atoms with van der Waals surface area (Å²) in [5.74, 6) is 0.639. The number of para-hydroxylation sites is 1. The minimum Gasteiger partial charge on any atom is -0.448 e. The Morgan fingerprint density at radius 2 is 2.35 bits per heavy atom. The minimum absolute atomic E-state index is 0.0416. The zero-order valence-corrected chi connectivity index (χ0v) is 12.5. The number of benzene rings is 1. The fourth-order valence-corrected chi connectivity index (χ4v) is 3.22. The van der Waals surface area contributed by atoms with Crippen LogP contribution in [0.3, 0.4) is 0 Å². The minimum atomic E-state index is -0.634. The number of aliphatic hydroxyl groups is 1. The first-order valence-electron chi connectivity index (χ1n) is 6.20. The Kier molecular flexibility index (Phi) is 5.28. The molecule has 1 aliphatic rings. The topological polar surface area (TPSA) is 62.1 Å². The van der Waals surface area contributed by atoms with Gasteiger partial charge in [0.05, 0.1) is 30.0 Å². The lowest BCUT2D eigenvalue weighted by Crippen LogP contribution is -2.37. The molecular weight excluding hydrogens is 300 g/mol. The van der Waals surface area contributed by atoms with Crippen LogP contribution in [-0.2, 0) is 4.74 Å². The van der Waals surface area contributed by atoms with Crippen molar-refractivity contribution in [2.24, 2.45) is 4.99 Å². The zero-order chi connectivity index (χ0) is 14.5. The first kappa shape index (κ1) is 15.2. The van der Waals surface area contributed by atoms with E-state index in [2.05, 4.69) is 4.99 Å². The predicted octanol–water partition coefficient (Wildman–Crippen LogP) is 2.77. The van der Waals surface area contributed by atoms with E-state index in [1.54, 1.807) is 17.9 Å². The monoisotopic (exact) mass is 314 g/mol. The maximum atomic E-state index is 11.5. The standard InChI is InChI=1S/C13H15ClN2O3S/c1-2-19-13(18)15-12-16(9(7-17)8-20-12)11-6-4-3-5-10(11)14/h3-6,9,17H,2,7-8H2,1H3. The molecule has 1 aromatic rings. The average Bonchev–Trinajstić information content (AvgIpc) is 2.82. The lowest BCUT2D eigenvalue weighted by atomic mass is 10.2. The molecule has 1 amide bonds. The molecule has 1 fully saturated rings. The van der Waals surface area contributed by atoms with Gasteiger partial charge in [0.15, 0.2) is 5.17 Å². The van der Waals surface area contributed by atoms with Gasteiger partial charge in [0.1, 0.15) is 0 Å². The third kappa shape index (κ3) is 3.26. The van der Waals surface area contributed by atoms with Crippen LogP contribution < -0.4 is 4.90 Å². The number of carbonyl (C=O) groups excluding carboxylic acids is 1. The molecule has 0 bridgehead atoms. The van der Waals surface area contributed by atoms with E-state index in [1.807, 2.05) is 18.2 Å². The van der Waals surface area contributed by atoms with Crippen LogP contribution in [0.4, 0.5) is 10.5 Å². The second-order valence-corrected chi connectivity index (χ2v) is 5.46. The molecule has 2 rings (SSSR count). The molecule has 1 N–H and O–H groups in total. The molecule has 1 atom stereocenters. The van der Waals surface area contributed by atoms with Crippen LogP contribution in [0.5, 0.6) is 0 Å². The van der Waals surface area contributed by atoms with Crippen molar-refractivity contribution in [3.8, 4) is 0 Å². The average molecular weight is 315 g/mol. The summed E-state index contributed by atoms with van der Waals surface area (Å²) in [6.07, 6.45) is -0.634. The second-order valence-electron chi connectivity index (χ2n) is 4.06. The number of anilines is 1. The molecule has 1 unspecified atom stereocenters. The highest BCUT2D eigenvalue weighted by Gasteiger charge is 2.32. The fourth-order valence-electron chi connectivity index (χ4n) is 1.87. The first-order chi connectivity index (χ1) is 9.67. The predicted molar refractivity (Wildman–Crippen MR) is 81.7 cm³/mol. The maximum absolute atomic E-state index is 11.5. The summed E-state index contributed by atoms with van der Waals surface area (Å²) in [6, 6.07) is 7.10. The van der Waals surface area contributed by atoms with Gasteiger partial charge in [0.2, 0.25) is 0 Å². The van der Waals surface area contributed by atoms with E-state index in [-0.39, 0.29) is 19.3 Å². The SMILES string of the molecule is CCOC(=O)N=C1SCC(CO)N1c1ccccc1Cl. The molecule has 108 valence electrons. The Hall–Kier alpha value is -1.24. The van der Waals surface area contributed by atoms with E-state index in [9.17, 15) is 9.90 Å². The summed E-state index contributed by atoms with van der Waals surface area (Å²) in [6.45, 7) is 1.96. The van der Waals surface area contributed by atoms with Crippen LogP contribution in [-0.4, -0.2) is 41.4 Å². The molecule has 5 nitrogen and oxygen atoms in total. The van der Waals surface area contributed by atoms with Crippen molar-refractivity contribution < 1.29 is 14.6 Å². The number of rotatable bonds is 3. The van der Waals surface area contributed by atoms with Gasteiger partial charge in [-0.25, -0.2) is 4.79 Å². The molecule has 1 aromatic carbocycles. The molecule has 0 spiro atoms. The van der Waals surface area contributed by atoms with Crippen LogP contribution >= 0.6 is 23.4 Å². The molecule has 1 saturated heterocycles. The van der Waals surface area contributed by atoms with Gasteiger partial charge in [-0.15, -0.1) is 0 Å². The first-order valence-corrected chi connectivity index (χ1v) is 7.56. The van der Waals surface area contributed by atoms with Crippen LogP contribution in [0.25, 0.3) is 0 Å². The van der Waals surface area contributed by atoms with E-state index in [0.29, 0.717) is 15.9 Å². The number of amides is 1. The van der Waals surface area contributed by atoms with Gasteiger partial charge < -0.3 is 14.7 Å². The number of hydrogen-bond donors (Lipinski definition) is 1. The number of aliphatic hydroxyl groups excluding tert-OH is 1. The van der Waals surface area contributed by atoms with E-state index >= 15 is 0 Å². The largest absolute Gasteiger partial charge is 0.448 e. The van der Waals surface area contributed by atoms with Crippen molar-refractivity contribution in [3.63, 3.8) is 0 Å². The number of thioether (sulfide) groups is 1. The molecule has 0 saturated carbocycles. The van der Waals surface area contributed by atoms with Crippen LogP contribution in [0.1, 0.15) is 6.92 Å². The van der Waals surface area contributed by atoms with E-state index in [0.717, 1.165) is 5.69 Å².